The molecule has 5 heteroatoms. The third-order valence-electron chi connectivity index (χ3n) is 3.99. The number of likely N-dealkylation sites (tertiary alicyclic amines) is 1. The van der Waals surface area contributed by atoms with Crippen LogP contribution in [0.25, 0.3) is 10.2 Å². The second-order valence-electron chi connectivity index (χ2n) is 5.76. The van der Waals surface area contributed by atoms with Gasteiger partial charge in [0.05, 0.1) is 22.2 Å². The van der Waals surface area contributed by atoms with Gasteiger partial charge in [-0.2, -0.15) is 0 Å². The third-order valence-corrected chi connectivity index (χ3v) is 5.01. The summed E-state index contributed by atoms with van der Waals surface area (Å²) >= 11 is 1.70. The Morgan fingerprint density at radius 1 is 1.50 bits per heavy atom. The normalized spacial score (nSPS) is 24.1. The Labute approximate surface area is 122 Å². The number of carboxylic acid groups (broad SMARTS) is 1. The molecule has 1 unspecified atom stereocenters. The van der Waals surface area contributed by atoms with Crippen LogP contribution in [0.4, 0.5) is 0 Å². The first-order valence-electron chi connectivity index (χ1n) is 6.87. The van der Waals surface area contributed by atoms with Crippen molar-refractivity contribution in [1.29, 1.82) is 0 Å². The summed E-state index contributed by atoms with van der Waals surface area (Å²) in [7, 11) is 0. The highest BCUT2D eigenvalue weighted by Crippen LogP contribution is 2.31. The molecule has 0 bridgehead atoms. The molecule has 1 aliphatic rings. The minimum absolute atomic E-state index is 0.609. The number of carbonyl (C=O) groups is 1. The monoisotopic (exact) mass is 290 g/mol. The van der Waals surface area contributed by atoms with Gasteiger partial charge in [-0.15, -0.1) is 11.3 Å². The number of piperidine rings is 1. The number of para-hydroxylation sites is 1. The van der Waals surface area contributed by atoms with E-state index in [0.717, 1.165) is 36.5 Å². The minimum atomic E-state index is -0.688. The van der Waals surface area contributed by atoms with Crippen molar-refractivity contribution in [2.75, 3.05) is 13.1 Å². The number of fused-ring (bicyclic) bond motifs is 1. The fraction of sp³-hybridized carbons (Fsp3) is 0.467. The van der Waals surface area contributed by atoms with Crippen molar-refractivity contribution in [2.45, 2.75) is 26.3 Å². The Hall–Kier alpha value is -1.46. The van der Waals surface area contributed by atoms with Gasteiger partial charge in [-0.3, -0.25) is 9.69 Å². The first-order valence-corrected chi connectivity index (χ1v) is 7.69. The lowest BCUT2D eigenvalue weighted by molar-refractivity contribution is -0.151. The molecule has 4 nitrogen and oxygen atoms in total. The zero-order valence-corrected chi connectivity index (χ0v) is 12.3. The van der Waals surface area contributed by atoms with Crippen LogP contribution in [0.15, 0.2) is 24.3 Å². The average Bonchev–Trinajstić information content (AvgIpc) is 2.80. The van der Waals surface area contributed by atoms with E-state index in [-0.39, 0.29) is 0 Å². The molecule has 0 spiro atoms. The number of hydrogen-bond donors (Lipinski definition) is 1. The van der Waals surface area contributed by atoms with Gasteiger partial charge >= 0.3 is 5.97 Å². The van der Waals surface area contributed by atoms with Gasteiger partial charge in [0.1, 0.15) is 5.01 Å². The van der Waals surface area contributed by atoms with E-state index in [4.69, 9.17) is 0 Å². The highest BCUT2D eigenvalue weighted by atomic mass is 32.1. The van der Waals surface area contributed by atoms with Crippen molar-refractivity contribution in [1.82, 2.24) is 9.88 Å². The second-order valence-corrected chi connectivity index (χ2v) is 6.87. The molecule has 2 aromatic rings. The molecule has 106 valence electrons. The van der Waals surface area contributed by atoms with Crippen molar-refractivity contribution >= 4 is 27.5 Å². The fourth-order valence-corrected chi connectivity index (χ4v) is 3.84. The summed E-state index contributed by atoms with van der Waals surface area (Å²) in [5.41, 5.74) is 0.417. The topological polar surface area (TPSA) is 53.4 Å². The predicted molar refractivity (Wildman–Crippen MR) is 79.9 cm³/mol. The third kappa shape index (κ3) is 2.55. The van der Waals surface area contributed by atoms with Gasteiger partial charge in [0.15, 0.2) is 0 Å². The molecule has 3 rings (SSSR count). The number of aliphatic carboxylic acids is 1. The van der Waals surface area contributed by atoms with Gasteiger partial charge < -0.3 is 5.11 Å². The maximum absolute atomic E-state index is 11.4. The Morgan fingerprint density at radius 3 is 3.05 bits per heavy atom. The zero-order chi connectivity index (χ0) is 14.2. The zero-order valence-electron chi connectivity index (χ0n) is 11.5. The van der Waals surface area contributed by atoms with Crippen molar-refractivity contribution in [2.24, 2.45) is 5.41 Å². The smallest absolute Gasteiger partial charge is 0.310 e. The molecule has 1 N–H and O–H groups in total. The lowest BCUT2D eigenvalue weighted by Crippen LogP contribution is -2.45. The largest absolute Gasteiger partial charge is 0.481 e. The van der Waals surface area contributed by atoms with Gasteiger partial charge in [-0.25, -0.2) is 4.98 Å². The summed E-state index contributed by atoms with van der Waals surface area (Å²) in [6.07, 6.45) is 1.70. The van der Waals surface area contributed by atoms with Crippen LogP contribution >= 0.6 is 11.3 Å². The van der Waals surface area contributed by atoms with E-state index in [1.54, 1.807) is 11.3 Å². The number of rotatable bonds is 3. The summed E-state index contributed by atoms with van der Waals surface area (Å²) in [4.78, 5) is 18.2. The fourth-order valence-electron chi connectivity index (χ4n) is 2.83. The second kappa shape index (κ2) is 5.14. The highest BCUT2D eigenvalue weighted by Gasteiger charge is 2.37. The first kappa shape index (κ1) is 13.5. The quantitative estimate of drug-likeness (QED) is 0.944. The van der Waals surface area contributed by atoms with Crippen LogP contribution in [0.2, 0.25) is 0 Å². The minimum Gasteiger partial charge on any atom is -0.481 e. The maximum Gasteiger partial charge on any atom is 0.310 e. The van der Waals surface area contributed by atoms with Crippen LogP contribution in [0, 0.1) is 5.41 Å². The number of hydrogen-bond acceptors (Lipinski definition) is 4. The summed E-state index contributed by atoms with van der Waals surface area (Å²) < 4.78 is 1.19. The molecule has 0 radical (unpaired) electrons. The molecule has 2 heterocycles. The van der Waals surface area contributed by atoms with Crippen LogP contribution in [-0.4, -0.2) is 34.0 Å². The van der Waals surface area contributed by atoms with E-state index in [0.29, 0.717) is 6.54 Å². The Bertz CT molecular complexity index is 607. The van der Waals surface area contributed by atoms with E-state index in [9.17, 15) is 9.90 Å². The Kier molecular flexibility index (Phi) is 3.48. The van der Waals surface area contributed by atoms with Gasteiger partial charge in [0.2, 0.25) is 0 Å². The number of nitrogens with zero attached hydrogens (tertiary/aromatic N) is 2. The summed E-state index contributed by atoms with van der Waals surface area (Å²) in [6.45, 7) is 4.17. The molecule has 1 atom stereocenters. The standard InChI is InChI=1S/C15H18N2O2S/c1-15(14(18)19)7-4-8-17(10-15)9-13-16-11-5-2-3-6-12(11)20-13/h2-3,5-6H,4,7-10H2,1H3,(H,18,19). The number of carboxylic acids is 1. The molecule has 1 aromatic heterocycles. The Morgan fingerprint density at radius 2 is 2.30 bits per heavy atom. The van der Waals surface area contributed by atoms with Crippen LogP contribution < -0.4 is 0 Å². The number of thiazole rings is 1. The van der Waals surface area contributed by atoms with Gasteiger partial charge in [0, 0.05) is 6.54 Å². The SMILES string of the molecule is CC1(C(=O)O)CCCN(Cc2nc3ccccc3s2)C1. The van der Waals surface area contributed by atoms with E-state index in [2.05, 4.69) is 16.0 Å². The first-order chi connectivity index (χ1) is 9.57. The molecule has 1 saturated heterocycles. The van der Waals surface area contributed by atoms with Gasteiger partial charge in [-0.05, 0) is 38.4 Å². The maximum atomic E-state index is 11.4. The predicted octanol–water partition coefficient (Wildman–Crippen LogP) is 2.98. The van der Waals surface area contributed by atoms with E-state index in [1.807, 2.05) is 25.1 Å². The lowest BCUT2D eigenvalue weighted by atomic mass is 9.82. The van der Waals surface area contributed by atoms with Crippen LogP contribution in [0.1, 0.15) is 24.8 Å². The number of benzene rings is 1. The molecule has 1 fully saturated rings. The van der Waals surface area contributed by atoms with Crippen molar-refractivity contribution in [3.05, 3.63) is 29.3 Å². The summed E-state index contributed by atoms with van der Waals surface area (Å²) in [5.74, 6) is -0.688. The molecule has 0 aliphatic carbocycles. The molecule has 0 amide bonds. The molecule has 1 aliphatic heterocycles. The average molecular weight is 290 g/mol. The van der Waals surface area contributed by atoms with E-state index in [1.165, 1.54) is 4.70 Å². The van der Waals surface area contributed by atoms with Crippen LogP contribution in [0.5, 0.6) is 0 Å². The molecular formula is C15H18N2O2S. The molecule has 20 heavy (non-hydrogen) atoms. The van der Waals surface area contributed by atoms with Gasteiger partial charge in [-0.1, -0.05) is 12.1 Å². The van der Waals surface area contributed by atoms with Crippen molar-refractivity contribution in [3.8, 4) is 0 Å². The van der Waals surface area contributed by atoms with Crippen LogP contribution in [0.3, 0.4) is 0 Å². The highest BCUT2D eigenvalue weighted by molar-refractivity contribution is 7.18. The lowest BCUT2D eigenvalue weighted by Gasteiger charge is -2.37. The van der Waals surface area contributed by atoms with Crippen molar-refractivity contribution in [3.63, 3.8) is 0 Å². The Balaban J connectivity index is 1.75. The molecular weight excluding hydrogens is 272 g/mol. The van der Waals surface area contributed by atoms with Crippen molar-refractivity contribution < 1.29 is 9.90 Å². The van der Waals surface area contributed by atoms with E-state index < -0.39 is 11.4 Å². The number of aromatic nitrogens is 1. The summed E-state index contributed by atoms with van der Waals surface area (Å²) in [5, 5.41) is 10.4. The van der Waals surface area contributed by atoms with E-state index >= 15 is 0 Å². The molecule has 0 saturated carbocycles. The van der Waals surface area contributed by atoms with Crippen LogP contribution in [-0.2, 0) is 11.3 Å². The molecule has 1 aromatic carbocycles. The summed E-state index contributed by atoms with van der Waals surface area (Å²) in [6, 6.07) is 8.11. The van der Waals surface area contributed by atoms with Gasteiger partial charge in [0.25, 0.3) is 0 Å².